The summed E-state index contributed by atoms with van der Waals surface area (Å²) in [6.07, 6.45) is 9.27. The fourth-order valence-corrected chi connectivity index (χ4v) is 4.86. The third-order valence-electron chi connectivity index (χ3n) is 6.80. The van der Waals surface area contributed by atoms with Gasteiger partial charge in [-0.1, -0.05) is 12.1 Å². The summed E-state index contributed by atoms with van der Waals surface area (Å²) in [7, 11) is 1.68. The van der Waals surface area contributed by atoms with Gasteiger partial charge in [0, 0.05) is 29.7 Å². The lowest BCUT2D eigenvalue weighted by atomic mass is 9.90. The first-order valence-electron chi connectivity index (χ1n) is 11.4. The van der Waals surface area contributed by atoms with Crippen molar-refractivity contribution in [1.82, 2.24) is 9.88 Å². The Labute approximate surface area is 192 Å². The van der Waals surface area contributed by atoms with Crippen LogP contribution in [0.1, 0.15) is 47.2 Å². The highest BCUT2D eigenvalue weighted by atomic mass is 19.1. The van der Waals surface area contributed by atoms with E-state index < -0.39 is 11.7 Å². The number of aromatic amines is 1. The van der Waals surface area contributed by atoms with Crippen molar-refractivity contribution in [2.45, 2.75) is 38.1 Å². The topological polar surface area (TPSA) is 80.6 Å². The molecule has 2 heterocycles. The lowest BCUT2D eigenvalue weighted by Gasteiger charge is -2.41. The number of nitrogens with one attached hydrogen (secondary N) is 1. The van der Waals surface area contributed by atoms with Gasteiger partial charge in [-0.3, -0.25) is 4.79 Å². The molecule has 0 atom stereocenters. The molecular weight excluding hydrogens is 421 g/mol. The number of fused-ring (bicyclic) bond motifs is 2. The number of methoxy groups -OCH3 is 1. The quantitative estimate of drug-likeness (QED) is 0.525. The van der Waals surface area contributed by atoms with Crippen molar-refractivity contribution in [2.24, 2.45) is 5.73 Å². The first-order valence-corrected chi connectivity index (χ1v) is 11.4. The average molecular weight is 450 g/mol. The van der Waals surface area contributed by atoms with E-state index in [1.54, 1.807) is 7.11 Å². The van der Waals surface area contributed by atoms with Crippen LogP contribution in [0.25, 0.3) is 17.0 Å². The summed E-state index contributed by atoms with van der Waals surface area (Å²) in [6, 6.07) is 9.18. The molecule has 0 radical (unpaired) electrons. The smallest absolute Gasteiger partial charge is 0.249 e. The van der Waals surface area contributed by atoms with Gasteiger partial charge in [-0.05, 0) is 61.9 Å². The molecule has 0 bridgehead atoms. The third-order valence-corrected chi connectivity index (χ3v) is 6.80. The molecule has 1 amide bonds. The molecule has 0 unspecified atom stereocenters. The number of H-pyrrole nitrogens is 1. The average Bonchev–Trinajstić information content (AvgIpc) is 3.20. The SMILES string of the molecule is COc1cccc2c(CCCN(C3=Cc4c(C(N)=O)ccc(F)c4OC3)C3CCC3)c[nH]c12. The van der Waals surface area contributed by atoms with Gasteiger partial charge in [0.25, 0.3) is 0 Å². The largest absolute Gasteiger partial charge is 0.495 e. The van der Waals surface area contributed by atoms with Crippen LogP contribution in [0.3, 0.4) is 0 Å². The molecule has 172 valence electrons. The summed E-state index contributed by atoms with van der Waals surface area (Å²) in [5.41, 5.74) is 9.51. The molecule has 1 aliphatic heterocycles. The molecular formula is C26H28FN3O3. The van der Waals surface area contributed by atoms with Crippen LogP contribution < -0.4 is 15.2 Å². The third kappa shape index (κ3) is 3.92. The first-order chi connectivity index (χ1) is 16.1. The number of primary amides is 1. The van der Waals surface area contributed by atoms with Crippen LogP contribution in [0.15, 0.2) is 42.2 Å². The predicted octanol–water partition coefficient (Wildman–Crippen LogP) is 4.64. The molecule has 1 saturated carbocycles. The van der Waals surface area contributed by atoms with Crippen molar-refractivity contribution in [1.29, 1.82) is 0 Å². The van der Waals surface area contributed by atoms with Gasteiger partial charge in [0.05, 0.1) is 23.9 Å². The van der Waals surface area contributed by atoms with Crippen LogP contribution in [-0.2, 0) is 6.42 Å². The van der Waals surface area contributed by atoms with Crippen LogP contribution in [0.4, 0.5) is 4.39 Å². The fraction of sp³-hybridized carbons (Fsp3) is 0.346. The fourth-order valence-electron chi connectivity index (χ4n) is 4.86. The van der Waals surface area contributed by atoms with E-state index in [1.165, 1.54) is 29.5 Å². The number of aryl methyl sites for hydroxylation is 1. The molecule has 5 rings (SSSR count). The molecule has 0 spiro atoms. The minimum atomic E-state index is -0.586. The Kier molecular flexibility index (Phi) is 5.70. The standard InChI is InChI=1S/C26H28FN3O3/c1-32-23-9-3-8-19-16(14-29-24(19)23)5-4-12-30(17-6-2-7-17)18-13-21-20(26(28)31)10-11-22(27)25(21)33-15-18/h3,8-11,13-14,17,29H,2,4-7,12,15H2,1H3,(H2,28,31). The second-order valence-corrected chi connectivity index (χ2v) is 8.70. The van der Waals surface area contributed by atoms with E-state index >= 15 is 0 Å². The number of carbonyl (C=O) groups is 1. The van der Waals surface area contributed by atoms with Crippen LogP contribution >= 0.6 is 0 Å². The van der Waals surface area contributed by atoms with Crippen molar-refractivity contribution in [3.05, 3.63) is 64.7 Å². The van der Waals surface area contributed by atoms with Gasteiger partial charge in [0.15, 0.2) is 11.6 Å². The lowest BCUT2D eigenvalue weighted by Crippen LogP contribution is -2.42. The van der Waals surface area contributed by atoms with Gasteiger partial charge in [0.1, 0.15) is 12.4 Å². The van der Waals surface area contributed by atoms with Gasteiger partial charge < -0.3 is 25.1 Å². The maximum absolute atomic E-state index is 14.3. The number of rotatable bonds is 8. The molecule has 7 heteroatoms. The number of amides is 1. The Morgan fingerprint density at radius 2 is 2.15 bits per heavy atom. The molecule has 1 aromatic heterocycles. The minimum absolute atomic E-state index is 0.108. The molecule has 2 aromatic carbocycles. The number of hydrogen-bond acceptors (Lipinski definition) is 4. The van der Waals surface area contributed by atoms with E-state index in [2.05, 4.69) is 22.1 Å². The van der Waals surface area contributed by atoms with Gasteiger partial charge in [-0.15, -0.1) is 0 Å². The first kappa shape index (κ1) is 21.4. The van der Waals surface area contributed by atoms with Crippen LogP contribution in [0.5, 0.6) is 11.5 Å². The van der Waals surface area contributed by atoms with Crippen LogP contribution in [-0.4, -0.2) is 42.1 Å². The summed E-state index contributed by atoms with van der Waals surface area (Å²) < 4.78 is 25.5. The zero-order valence-electron chi connectivity index (χ0n) is 18.7. The molecule has 1 fully saturated rings. The predicted molar refractivity (Wildman–Crippen MR) is 126 cm³/mol. The van der Waals surface area contributed by atoms with E-state index in [0.717, 1.165) is 49.2 Å². The summed E-state index contributed by atoms with van der Waals surface area (Å²) in [6.45, 7) is 1.14. The summed E-state index contributed by atoms with van der Waals surface area (Å²) >= 11 is 0. The molecule has 2 aliphatic rings. The highest BCUT2D eigenvalue weighted by Crippen LogP contribution is 2.36. The van der Waals surface area contributed by atoms with Crippen molar-refractivity contribution < 1.29 is 18.7 Å². The Hall–Kier alpha value is -3.48. The second-order valence-electron chi connectivity index (χ2n) is 8.70. The van der Waals surface area contributed by atoms with Crippen molar-refractivity contribution >= 4 is 22.9 Å². The van der Waals surface area contributed by atoms with Crippen LogP contribution in [0, 0.1) is 5.82 Å². The van der Waals surface area contributed by atoms with Crippen molar-refractivity contribution in [2.75, 3.05) is 20.3 Å². The van der Waals surface area contributed by atoms with E-state index in [1.807, 2.05) is 18.2 Å². The van der Waals surface area contributed by atoms with E-state index in [9.17, 15) is 9.18 Å². The maximum Gasteiger partial charge on any atom is 0.249 e. The minimum Gasteiger partial charge on any atom is -0.495 e. The molecule has 0 saturated heterocycles. The van der Waals surface area contributed by atoms with Crippen LogP contribution in [0.2, 0.25) is 0 Å². The van der Waals surface area contributed by atoms with Gasteiger partial charge in [0.2, 0.25) is 5.91 Å². The number of para-hydroxylation sites is 1. The highest BCUT2D eigenvalue weighted by molar-refractivity contribution is 5.98. The lowest BCUT2D eigenvalue weighted by molar-refractivity contribution is 0.0999. The van der Waals surface area contributed by atoms with Crippen molar-refractivity contribution in [3.8, 4) is 11.5 Å². The van der Waals surface area contributed by atoms with E-state index in [-0.39, 0.29) is 17.9 Å². The number of benzene rings is 2. The summed E-state index contributed by atoms with van der Waals surface area (Å²) in [4.78, 5) is 17.6. The normalized spacial score (nSPS) is 15.4. The number of hydrogen-bond donors (Lipinski definition) is 2. The zero-order valence-corrected chi connectivity index (χ0v) is 18.7. The summed E-state index contributed by atoms with van der Waals surface area (Å²) in [5, 5.41) is 1.18. The molecule has 6 nitrogen and oxygen atoms in total. The Morgan fingerprint density at radius 3 is 2.88 bits per heavy atom. The summed E-state index contributed by atoms with van der Waals surface area (Å²) in [5.74, 6) is -0.112. The number of nitrogens with zero attached hydrogens (tertiary/aromatic N) is 1. The van der Waals surface area contributed by atoms with E-state index in [4.69, 9.17) is 15.2 Å². The number of nitrogens with two attached hydrogens (primary N) is 1. The second kappa shape index (κ2) is 8.81. The van der Waals surface area contributed by atoms with E-state index in [0.29, 0.717) is 11.6 Å². The Morgan fingerprint density at radius 1 is 1.30 bits per heavy atom. The van der Waals surface area contributed by atoms with Gasteiger partial charge in [-0.2, -0.15) is 0 Å². The molecule has 3 aromatic rings. The molecule has 33 heavy (non-hydrogen) atoms. The molecule has 1 aliphatic carbocycles. The van der Waals surface area contributed by atoms with Crippen molar-refractivity contribution in [3.63, 3.8) is 0 Å². The number of halogens is 1. The zero-order chi connectivity index (χ0) is 22.9. The monoisotopic (exact) mass is 449 g/mol. The number of ether oxygens (including phenoxy) is 2. The Balaban J connectivity index is 1.37. The van der Waals surface area contributed by atoms with Gasteiger partial charge in [-0.25, -0.2) is 4.39 Å². The Bertz CT molecular complexity index is 1230. The highest BCUT2D eigenvalue weighted by Gasteiger charge is 2.30. The van der Waals surface area contributed by atoms with Gasteiger partial charge >= 0.3 is 0 Å². The maximum atomic E-state index is 14.3. The molecule has 3 N–H and O–H groups in total. The number of aromatic nitrogens is 1. The number of carbonyl (C=O) groups excluding carboxylic acids is 1.